The van der Waals surface area contributed by atoms with Gasteiger partial charge in [0.05, 0.1) is 7.11 Å². The summed E-state index contributed by atoms with van der Waals surface area (Å²) in [5.74, 6) is 0.947. The van der Waals surface area contributed by atoms with Crippen LogP contribution in [0.4, 0.5) is 0 Å². The van der Waals surface area contributed by atoms with Crippen LogP contribution in [0.3, 0.4) is 0 Å². The predicted octanol–water partition coefficient (Wildman–Crippen LogP) is 5.56. The lowest BCUT2D eigenvalue weighted by atomic mass is 10.0. The number of hydrogen-bond acceptors (Lipinski definition) is 3. The lowest BCUT2D eigenvalue weighted by molar-refractivity contribution is 0.268. The van der Waals surface area contributed by atoms with E-state index in [9.17, 15) is 0 Å². The summed E-state index contributed by atoms with van der Waals surface area (Å²) in [5, 5.41) is 2.67. The Balaban J connectivity index is 1.50. The number of methoxy groups -OCH3 is 1. The van der Waals surface area contributed by atoms with E-state index in [-0.39, 0.29) is 0 Å². The van der Waals surface area contributed by atoms with Gasteiger partial charge in [-0.1, -0.05) is 58.4 Å². The Labute approximate surface area is 177 Å². The Morgan fingerprint density at radius 2 is 1.50 bits per heavy atom. The van der Waals surface area contributed by atoms with Crippen molar-refractivity contribution in [1.82, 2.24) is 9.80 Å². The molecule has 0 N–H and O–H groups in total. The molecule has 0 saturated heterocycles. The SMILES string of the molecule is COc1ccc(Br)cc1CN(C)CCCN(C)Cc1cccc2ccccc12. The first-order valence-electron chi connectivity index (χ1n) is 9.73. The number of nitrogens with zero attached hydrogens (tertiary/aromatic N) is 2. The van der Waals surface area contributed by atoms with Crippen LogP contribution < -0.4 is 4.74 Å². The highest BCUT2D eigenvalue weighted by Crippen LogP contribution is 2.24. The average Bonchev–Trinajstić information content (AvgIpc) is 2.68. The Morgan fingerprint density at radius 1 is 0.821 bits per heavy atom. The molecular weight excluding hydrogens is 412 g/mol. The normalized spacial score (nSPS) is 11.5. The van der Waals surface area contributed by atoms with E-state index >= 15 is 0 Å². The zero-order valence-corrected chi connectivity index (χ0v) is 18.6. The van der Waals surface area contributed by atoms with Crippen LogP contribution in [0, 0.1) is 0 Å². The molecule has 0 aromatic heterocycles. The quantitative estimate of drug-likeness (QED) is 0.432. The maximum absolute atomic E-state index is 5.49. The Morgan fingerprint density at radius 3 is 2.25 bits per heavy atom. The second-order valence-corrected chi connectivity index (χ2v) is 8.34. The van der Waals surface area contributed by atoms with Crippen molar-refractivity contribution in [3.05, 3.63) is 76.3 Å². The van der Waals surface area contributed by atoms with E-state index < -0.39 is 0 Å². The standard InChI is InChI=1S/C24H29BrN2O/c1-26(17-20-10-6-9-19-8-4-5-11-23(19)20)14-7-15-27(2)18-21-16-22(25)12-13-24(21)28-3/h4-6,8-13,16H,7,14-15,17-18H2,1-3H3. The van der Waals surface area contributed by atoms with Gasteiger partial charge in [0.15, 0.2) is 0 Å². The third kappa shape index (κ3) is 5.57. The second kappa shape index (κ2) is 10.1. The van der Waals surface area contributed by atoms with Gasteiger partial charge in [0, 0.05) is 23.1 Å². The monoisotopic (exact) mass is 440 g/mol. The van der Waals surface area contributed by atoms with E-state index in [1.165, 1.54) is 21.9 Å². The number of rotatable bonds is 9. The first-order valence-corrected chi connectivity index (χ1v) is 10.5. The fraction of sp³-hybridized carbons (Fsp3) is 0.333. The van der Waals surface area contributed by atoms with Gasteiger partial charge in [-0.25, -0.2) is 0 Å². The van der Waals surface area contributed by atoms with Crippen LogP contribution in [0.15, 0.2) is 65.1 Å². The molecular formula is C24H29BrN2O. The molecule has 0 bridgehead atoms. The fourth-order valence-electron chi connectivity index (χ4n) is 3.65. The number of benzene rings is 3. The maximum Gasteiger partial charge on any atom is 0.123 e. The molecule has 0 aliphatic carbocycles. The molecule has 0 aliphatic rings. The minimum Gasteiger partial charge on any atom is -0.496 e. The number of hydrogen-bond donors (Lipinski definition) is 0. The molecule has 3 aromatic carbocycles. The van der Waals surface area contributed by atoms with Gasteiger partial charge < -0.3 is 14.5 Å². The van der Waals surface area contributed by atoms with E-state index in [1.54, 1.807) is 7.11 Å². The summed E-state index contributed by atoms with van der Waals surface area (Å²) in [6.45, 7) is 3.99. The van der Waals surface area contributed by atoms with Gasteiger partial charge in [0.25, 0.3) is 0 Å². The fourth-order valence-corrected chi connectivity index (χ4v) is 4.06. The van der Waals surface area contributed by atoms with Crippen molar-refractivity contribution in [3.8, 4) is 5.75 Å². The first kappa shape index (κ1) is 20.8. The molecule has 0 amide bonds. The van der Waals surface area contributed by atoms with Crippen LogP contribution in [0.1, 0.15) is 17.5 Å². The van der Waals surface area contributed by atoms with Crippen LogP contribution in [0.2, 0.25) is 0 Å². The topological polar surface area (TPSA) is 15.7 Å². The van der Waals surface area contributed by atoms with Crippen LogP contribution >= 0.6 is 15.9 Å². The molecule has 0 spiro atoms. The van der Waals surface area contributed by atoms with Gasteiger partial charge in [-0.05, 0) is 68.1 Å². The van der Waals surface area contributed by atoms with Crippen molar-refractivity contribution < 1.29 is 4.74 Å². The van der Waals surface area contributed by atoms with Gasteiger partial charge in [-0.2, -0.15) is 0 Å². The molecule has 0 saturated carbocycles. The summed E-state index contributed by atoms with van der Waals surface area (Å²) >= 11 is 3.56. The molecule has 3 aromatic rings. The molecule has 4 heteroatoms. The summed E-state index contributed by atoms with van der Waals surface area (Å²) < 4.78 is 6.58. The summed E-state index contributed by atoms with van der Waals surface area (Å²) in [7, 11) is 6.11. The third-order valence-electron chi connectivity index (χ3n) is 5.08. The maximum atomic E-state index is 5.49. The van der Waals surface area contributed by atoms with Crippen molar-refractivity contribution in [2.45, 2.75) is 19.5 Å². The van der Waals surface area contributed by atoms with Gasteiger partial charge in [-0.3, -0.25) is 0 Å². The highest BCUT2D eigenvalue weighted by Gasteiger charge is 2.09. The average molecular weight is 441 g/mol. The van der Waals surface area contributed by atoms with E-state index in [0.717, 1.165) is 42.8 Å². The lowest BCUT2D eigenvalue weighted by Crippen LogP contribution is -2.25. The van der Waals surface area contributed by atoms with Crippen molar-refractivity contribution in [3.63, 3.8) is 0 Å². The number of fused-ring (bicyclic) bond motifs is 1. The van der Waals surface area contributed by atoms with Crippen LogP contribution in [-0.4, -0.2) is 44.1 Å². The minimum absolute atomic E-state index is 0.885. The molecule has 0 heterocycles. The van der Waals surface area contributed by atoms with Crippen molar-refractivity contribution in [2.75, 3.05) is 34.3 Å². The molecule has 3 rings (SSSR count). The Hall–Kier alpha value is -1.88. The summed E-state index contributed by atoms with van der Waals surface area (Å²) in [6, 6.07) is 21.4. The largest absolute Gasteiger partial charge is 0.496 e. The van der Waals surface area contributed by atoms with Gasteiger partial charge in [0.1, 0.15) is 5.75 Å². The van der Waals surface area contributed by atoms with Crippen LogP contribution in [-0.2, 0) is 13.1 Å². The van der Waals surface area contributed by atoms with Gasteiger partial charge in [0.2, 0.25) is 0 Å². The molecule has 0 aliphatic heterocycles. The lowest BCUT2D eigenvalue weighted by Gasteiger charge is -2.22. The van der Waals surface area contributed by atoms with E-state index in [1.807, 2.05) is 12.1 Å². The molecule has 0 unspecified atom stereocenters. The smallest absolute Gasteiger partial charge is 0.123 e. The summed E-state index contributed by atoms with van der Waals surface area (Å²) in [5.41, 5.74) is 2.61. The molecule has 0 atom stereocenters. The van der Waals surface area contributed by atoms with Crippen molar-refractivity contribution in [2.24, 2.45) is 0 Å². The Kier molecular flexibility index (Phi) is 7.49. The van der Waals surface area contributed by atoms with E-state index in [4.69, 9.17) is 4.74 Å². The molecule has 148 valence electrons. The first-order chi connectivity index (χ1) is 13.6. The van der Waals surface area contributed by atoms with Crippen molar-refractivity contribution in [1.29, 1.82) is 0 Å². The summed E-state index contributed by atoms with van der Waals surface area (Å²) in [4.78, 5) is 4.77. The second-order valence-electron chi connectivity index (χ2n) is 7.42. The van der Waals surface area contributed by atoms with E-state index in [0.29, 0.717) is 0 Å². The molecule has 3 nitrogen and oxygen atoms in total. The minimum atomic E-state index is 0.885. The molecule has 0 radical (unpaired) electrons. The number of ether oxygens (including phenoxy) is 1. The third-order valence-corrected chi connectivity index (χ3v) is 5.58. The van der Waals surface area contributed by atoms with Gasteiger partial charge in [-0.15, -0.1) is 0 Å². The zero-order chi connectivity index (χ0) is 19.9. The van der Waals surface area contributed by atoms with Crippen molar-refractivity contribution >= 4 is 26.7 Å². The Bertz CT molecular complexity index is 907. The predicted molar refractivity (Wildman–Crippen MR) is 122 cm³/mol. The van der Waals surface area contributed by atoms with E-state index in [2.05, 4.69) is 88.4 Å². The van der Waals surface area contributed by atoms with Crippen LogP contribution in [0.5, 0.6) is 5.75 Å². The highest BCUT2D eigenvalue weighted by molar-refractivity contribution is 9.10. The van der Waals surface area contributed by atoms with Gasteiger partial charge >= 0.3 is 0 Å². The number of halogens is 1. The van der Waals surface area contributed by atoms with Crippen LogP contribution in [0.25, 0.3) is 10.8 Å². The molecule has 28 heavy (non-hydrogen) atoms. The highest BCUT2D eigenvalue weighted by atomic mass is 79.9. The molecule has 0 fully saturated rings. The summed E-state index contributed by atoms with van der Waals surface area (Å²) in [6.07, 6.45) is 1.13. The zero-order valence-electron chi connectivity index (χ0n) is 17.0.